The Morgan fingerprint density at radius 2 is 1.97 bits per heavy atom. The molecule has 2 aromatic rings. The minimum absolute atomic E-state index is 0.129. The van der Waals surface area contributed by atoms with Crippen LogP contribution in [0.4, 0.5) is 4.39 Å². The average molecular weight is 494 g/mol. The van der Waals surface area contributed by atoms with Crippen LogP contribution in [0, 0.1) is 11.7 Å². The van der Waals surface area contributed by atoms with Gasteiger partial charge in [-0.3, -0.25) is 9.59 Å². The summed E-state index contributed by atoms with van der Waals surface area (Å²) in [5, 5.41) is 6.54. The Morgan fingerprint density at radius 1 is 1.26 bits per heavy atom. The molecule has 1 atom stereocenters. The van der Waals surface area contributed by atoms with Gasteiger partial charge in [-0.05, 0) is 58.6 Å². The van der Waals surface area contributed by atoms with Gasteiger partial charge in [0.15, 0.2) is 11.5 Å². The normalized spacial score (nSPS) is 12.0. The summed E-state index contributed by atoms with van der Waals surface area (Å²) >= 11 is 3.41. The number of halogens is 2. The molecule has 0 bridgehead atoms. The molecule has 2 rings (SSSR count). The number of hydrogen-bond acceptors (Lipinski definition) is 5. The Bertz CT molecular complexity index is 966. The van der Waals surface area contributed by atoms with E-state index in [9.17, 15) is 14.0 Å². The van der Waals surface area contributed by atoms with Crippen molar-refractivity contribution in [2.24, 2.45) is 11.0 Å². The topological polar surface area (TPSA) is 89.0 Å². The molecule has 0 saturated heterocycles. The maximum Gasteiger partial charge on any atom is 0.262 e. The van der Waals surface area contributed by atoms with Crippen molar-refractivity contribution in [3.63, 3.8) is 0 Å². The fourth-order valence-corrected chi connectivity index (χ4v) is 3.38. The number of methoxy groups -OCH3 is 1. The molecule has 0 fully saturated rings. The van der Waals surface area contributed by atoms with Gasteiger partial charge >= 0.3 is 0 Å². The third-order valence-electron chi connectivity index (χ3n) is 4.28. The molecule has 0 saturated carbocycles. The van der Waals surface area contributed by atoms with Gasteiger partial charge in [-0.1, -0.05) is 26.0 Å². The van der Waals surface area contributed by atoms with Crippen molar-refractivity contribution in [1.29, 1.82) is 0 Å². The van der Waals surface area contributed by atoms with Crippen LogP contribution in [0.1, 0.15) is 36.7 Å². The molecule has 1 unspecified atom stereocenters. The molecule has 166 valence electrons. The summed E-state index contributed by atoms with van der Waals surface area (Å²) in [7, 11) is 1.54. The van der Waals surface area contributed by atoms with Gasteiger partial charge in [-0.15, -0.1) is 0 Å². The third-order valence-corrected chi connectivity index (χ3v) is 4.87. The van der Waals surface area contributed by atoms with Crippen molar-refractivity contribution < 1.29 is 23.5 Å². The Balaban J connectivity index is 2.10. The number of hydrogen-bond donors (Lipinski definition) is 2. The van der Waals surface area contributed by atoms with Crippen LogP contribution < -0.4 is 20.2 Å². The van der Waals surface area contributed by atoms with Crippen LogP contribution in [0.3, 0.4) is 0 Å². The first-order valence-corrected chi connectivity index (χ1v) is 10.5. The highest BCUT2D eigenvalue weighted by Crippen LogP contribution is 2.36. The molecule has 31 heavy (non-hydrogen) atoms. The fourth-order valence-electron chi connectivity index (χ4n) is 2.76. The molecule has 0 heterocycles. The molecule has 2 aromatic carbocycles. The number of carbonyl (C=O) groups is 2. The van der Waals surface area contributed by atoms with Crippen molar-refractivity contribution >= 4 is 34.0 Å². The summed E-state index contributed by atoms with van der Waals surface area (Å²) in [5.74, 6) is -1.00. The van der Waals surface area contributed by atoms with Crippen LogP contribution in [-0.4, -0.2) is 37.8 Å². The summed E-state index contributed by atoms with van der Waals surface area (Å²) in [6.45, 7) is 5.85. The molecule has 7 nitrogen and oxygen atoms in total. The maximum absolute atomic E-state index is 13.8. The van der Waals surface area contributed by atoms with Crippen molar-refractivity contribution in [1.82, 2.24) is 10.7 Å². The van der Waals surface area contributed by atoms with Crippen molar-refractivity contribution in [3.8, 4) is 11.5 Å². The summed E-state index contributed by atoms with van der Waals surface area (Å²) in [6.07, 6.45) is 1.45. The quantitative estimate of drug-likeness (QED) is 0.409. The van der Waals surface area contributed by atoms with E-state index in [0.29, 0.717) is 28.1 Å². The second kappa shape index (κ2) is 11.5. The number of hydrazone groups is 1. The van der Waals surface area contributed by atoms with Crippen LogP contribution >= 0.6 is 15.9 Å². The third kappa shape index (κ3) is 6.52. The lowest BCUT2D eigenvalue weighted by molar-refractivity contribution is -0.123. The van der Waals surface area contributed by atoms with Gasteiger partial charge in [0, 0.05) is 0 Å². The highest BCUT2D eigenvalue weighted by molar-refractivity contribution is 9.10. The molecule has 0 aliphatic rings. The molecule has 9 heteroatoms. The number of amides is 2. The predicted octanol–water partition coefficient (Wildman–Crippen LogP) is 3.90. The first kappa shape index (κ1) is 24.3. The SMILES string of the molecule is CCOc1cc(/C=N/NC(=O)C(NC(=O)c2ccccc2F)C(C)C)cc(Br)c1OC. The minimum Gasteiger partial charge on any atom is -0.492 e. The van der Waals surface area contributed by atoms with Gasteiger partial charge in [0.25, 0.3) is 11.8 Å². The first-order chi connectivity index (χ1) is 14.8. The van der Waals surface area contributed by atoms with Gasteiger partial charge in [0.05, 0.1) is 30.0 Å². The number of benzene rings is 2. The molecule has 0 spiro atoms. The lowest BCUT2D eigenvalue weighted by atomic mass is 10.0. The van der Waals surface area contributed by atoms with Crippen LogP contribution in [-0.2, 0) is 4.79 Å². The second-order valence-corrected chi connectivity index (χ2v) is 7.73. The minimum atomic E-state index is -0.897. The van der Waals surface area contributed by atoms with Crippen LogP contribution in [0.15, 0.2) is 46.0 Å². The predicted molar refractivity (Wildman–Crippen MR) is 120 cm³/mol. The molecule has 0 aliphatic heterocycles. The van der Waals surface area contributed by atoms with Crippen molar-refractivity contribution in [2.75, 3.05) is 13.7 Å². The van der Waals surface area contributed by atoms with E-state index in [1.54, 1.807) is 32.0 Å². The van der Waals surface area contributed by atoms with Gasteiger partial charge in [0.2, 0.25) is 0 Å². The highest BCUT2D eigenvalue weighted by Gasteiger charge is 2.25. The summed E-state index contributed by atoms with van der Waals surface area (Å²) in [6, 6.07) is 8.17. The fraction of sp³-hybridized carbons (Fsp3) is 0.318. The van der Waals surface area contributed by atoms with Gasteiger partial charge < -0.3 is 14.8 Å². The number of carbonyl (C=O) groups excluding carboxylic acids is 2. The maximum atomic E-state index is 13.8. The van der Waals surface area contributed by atoms with E-state index < -0.39 is 23.7 Å². The number of nitrogens with zero attached hydrogens (tertiary/aromatic N) is 1. The van der Waals surface area contributed by atoms with Crippen LogP contribution in [0.2, 0.25) is 0 Å². The second-order valence-electron chi connectivity index (χ2n) is 6.88. The molecular weight excluding hydrogens is 469 g/mol. The summed E-state index contributed by atoms with van der Waals surface area (Å²) < 4.78 is 25.4. The lowest BCUT2D eigenvalue weighted by Crippen LogP contribution is -2.48. The van der Waals surface area contributed by atoms with E-state index in [-0.39, 0.29) is 11.5 Å². The molecule has 0 radical (unpaired) electrons. The Morgan fingerprint density at radius 3 is 2.58 bits per heavy atom. The monoisotopic (exact) mass is 493 g/mol. The van der Waals surface area contributed by atoms with E-state index in [0.717, 1.165) is 0 Å². The highest BCUT2D eigenvalue weighted by atomic mass is 79.9. The van der Waals surface area contributed by atoms with Gasteiger partial charge in [-0.2, -0.15) is 5.10 Å². The molecule has 2 amide bonds. The van der Waals surface area contributed by atoms with Crippen molar-refractivity contribution in [2.45, 2.75) is 26.8 Å². The number of nitrogens with one attached hydrogen (secondary N) is 2. The van der Waals surface area contributed by atoms with E-state index in [2.05, 4.69) is 31.8 Å². The number of rotatable bonds is 9. The zero-order valence-corrected chi connectivity index (χ0v) is 19.3. The Kier molecular flexibility index (Phi) is 8.99. The molecular formula is C22H25BrFN3O4. The van der Waals surface area contributed by atoms with E-state index in [1.165, 1.54) is 31.5 Å². The smallest absolute Gasteiger partial charge is 0.262 e. The first-order valence-electron chi connectivity index (χ1n) is 9.67. The van der Waals surface area contributed by atoms with E-state index >= 15 is 0 Å². The van der Waals surface area contributed by atoms with Crippen LogP contribution in [0.5, 0.6) is 11.5 Å². The van der Waals surface area contributed by atoms with E-state index in [1.807, 2.05) is 6.92 Å². The number of ether oxygens (including phenoxy) is 2. The van der Waals surface area contributed by atoms with Gasteiger partial charge in [-0.25, -0.2) is 9.82 Å². The molecule has 0 aliphatic carbocycles. The molecule has 2 N–H and O–H groups in total. The Hall–Kier alpha value is -2.94. The van der Waals surface area contributed by atoms with E-state index in [4.69, 9.17) is 9.47 Å². The van der Waals surface area contributed by atoms with Crippen molar-refractivity contribution in [3.05, 3.63) is 57.8 Å². The zero-order valence-electron chi connectivity index (χ0n) is 17.7. The molecule has 0 aromatic heterocycles. The van der Waals surface area contributed by atoms with Gasteiger partial charge in [0.1, 0.15) is 11.9 Å². The summed E-state index contributed by atoms with van der Waals surface area (Å²) in [5.41, 5.74) is 2.95. The standard InChI is InChI=1S/C22H25BrFN3O4/c1-5-31-18-11-14(10-16(23)20(18)30-4)12-25-27-22(29)19(13(2)3)26-21(28)15-8-6-7-9-17(15)24/h6-13,19H,5H2,1-4H3,(H,26,28)(H,27,29)/b25-12+. The average Bonchev–Trinajstić information content (AvgIpc) is 2.72. The lowest BCUT2D eigenvalue weighted by Gasteiger charge is -2.20. The van der Waals surface area contributed by atoms with Crippen LogP contribution in [0.25, 0.3) is 0 Å². The largest absolute Gasteiger partial charge is 0.492 e. The summed E-state index contributed by atoms with van der Waals surface area (Å²) in [4.78, 5) is 25.0. The Labute approximate surface area is 189 Å². The zero-order chi connectivity index (χ0) is 23.0.